The van der Waals surface area contributed by atoms with Crippen LogP contribution in [0.25, 0.3) is 43.1 Å². The van der Waals surface area contributed by atoms with Gasteiger partial charge in [0.1, 0.15) is 36.9 Å². The second-order valence-electron chi connectivity index (χ2n) is 13.1. The smallest absolute Gasteiger partial charge is 0.338 e. The molecule has 0 aliphatic carbocycles. The fraction of sp³-hybridized carbons (Fsp3) is 0.217. The Morgan fingerprint density at radius 2 is 0.923 bits per heavy atom. The van der Waals surface area contributed by atoms with E-state index in [0.717, 1.165) is 55.1 Å². The first kappa shape index (κ1) is 34.6. The first-order valence-electron chi connectivity index (χ1n) is 18.1. The summed E-state index contributed by atoms with van der Waals surface area (Å²) in [4.78, 5) is 26.5. The van der Waals surface area contributed by atoms with E-state index in [-0.39, 0.29) is 25.2 Å². The maximum atomic E-state index is 13.2. The van der Waals surface area contributed by atoms with Gasteiger partial charge in [0.25, 0.3) is 0 Å². The summed E-state index contributed by atoms with van der Waals surface area (Å²) in [6.07, 6.45) is 1.11. The summed E-state index contributed by atoms with van der Waals surface area (Å²) in [7, 11) is 0. The van der Waals surface area contributed by atoms with Gasteiger partial charge in [-0.15, -0.1) is 0 Å². The zero-order valence-electron chi connectivity index (χ0n) is 29.8. The van der Waals surface area contributed by atoms with Crippen LogP contribution in [0.3, 0.4) is 0 Å². The van der Waals surface area contributed by atoms with Gasteiger partial charge in [0.2, 0.25) is 0 Å². The molecule has 2 atom stereocenters. The van der Waals surface area contributed by atoms with Gasteiger partial charge in [-0.3, -0.25) is 0 Å². The topological polar surface area (TPSA) is 71.1 Å². The first-order chi connectivity index (χ1) is 25.4. The minimum absolute atomic E-state index is 0.188. The van der Waals surface area contributed by atoms with Crippen molar-refractivity contribution in [2.45, 2.75) is 52.2 Å². The van der Waals surface area contributed by atoms with E-state index in [1.807, 2.05) is 111 Å². The second-order valence-corrected chi connectivity index (χ2v) is 13.1. The van der Waals surface area contributed by atoms with Gasteiger partial charge in [0.15, 0.2) is 0 Å². The first-order valence-corrected chi connectivity index (χ1v) is 18.1. The van der Waals surface area contributed by atoms with Gasteiger partial charge in [0, 0.05) is 21.5 Å². The van der Waals surface area contributed by atoms with Gasteiger partial charge in [-0.05, 0) is 76.7 Å². The van der Waals surface area contributed by atoms with Crippen molar-refractivity contribution in [3.63, 3.8) is 0 Å². The third-order valence-corrected chi connectivity index (χ3v) is 9.65. The Morgan fingerprint density at radius 3 is 1.40 bits per heavy atom. The summed E-state index contributed by atoms with van der Waals surface area (Å²) in [5.74, 6) is 0.664. The number of rotatable bonds is 13. The van der Waals surface area contributed by atoms with Crippen LogP contribution >= 0.6 is 0 Å². The number of fused-ring (bicyclic) bond motifs is 4. The molecule has 0 bridgehead atoms. The van der Waals surface area contributed by atoms with Crippen LogP contribution in [0.4, 0.5) is 0 Å². The molecule has 7 aromatic rings. The molecule has 0 heterocycles. The van der Waals surface area contributed by atoms with Crippen LogP contribution in [0.1, 0.15) is 59.9 Å². The number of aryl methyl sites for hydroxylation is 1. The predicted molar refractivity (Wildman–Crippen MR) is 209 cm³/mol. The fourth-order valence-corrected chi connectivity index (χ4v) is 6.57. The quantitative estimate of drug-likeness (QED) is 0.0886. The van der Waals surface area contributed by atoms with Crippen molar-refractivity contribution in [1.29, 1.82) is 0 Å². The van der Waals surface area contributed by atoms with Crippen LogP contribution in [-0.4, -0.2) is 37.4 Å². The highest BCUT2D eigenvalue weighted by molar-refractivity contribution is 6.11. The van der Waals surface area contributed by atoms with Gasteiger partial charge < -0.3 is 18.9 Å². The molecule has 7 rings (SSSR count). The van der Waals surface area contributed by atoms with Gasteiger partial charge in [0.05, 0.1) is 11.1 Å². The molecule has 0 saturated heterocycles. The van der Waals surface area contributed by atoms with Crippen LogP contribution in [0, 0.1) is 0 Å². The number of esters is 2. The van der Waals surface area contributed by atoms with Crippen LogP contribution in [-0.2, 0) is 15.9 Å². The van der Waals surface area contributed by atoms with Crippen molar-refractivity contribution in [3.05, 3.63) is 144 Å². The van der Waals surface area contributed by atoms with Crippen molar-refractivity contribution in [3.8, 4) is 11.5 Å². The number of carbonyl (C=O) groups is 2. The minimum atomic E-state index is -0.458. The lowest BCUT2D eigenvalue weighted by molar-refractivity contribution is 0.0159. The third-order valence-electron chi connectivity index (χ3n) is 9.65. The van der Waals surface area contributed by atoms with Crippen molar-refractivity contribution in [2.75, 3.05) is 13.2 Å². The molecule has 0 aliphatic rings. The molecule has 0 fully saturated rings. The molecular formula is C46H42O6. The molecule has 0 aliphatic heterocycles. The van der Waals surface area contributed by atoms with Crippen molar-refractivity contribution >= 4 is 55.0 Å². The summed E-state index contributed by atoms with van der Waals surface area (Å²) in [5, 5.41) is 7.68. The highest BCUT2D eigenvalue weighted by Gasteiger charge is 2.22. The molecule has 6 nitrogen and oxygen atoms in total. The number of hydrogen-bond donors (Lipinski definition) is 0. The summed E-state index contributed by atoms with van der Waals surface area (Å²) < 4.78 is 25.2. The Balaban J connectivity index is 1.13. The highest BCUT2D eigenvalue weighted by Crippen LogP contribution is 2.43. The van der Waals surface area contributed by atoms with Gasteiger partial charge in [-0.25, -0.2) is 9.59 Å². The molecule has 0 N–H and O–H groups in total. The molecule has 2 unspecified atom stereocenters. The fourth-order valence-electron chi connectivity index (χ4n) is 6.57. The maximum absolute atomic E-state index is 13.2. The Kier molecular flexibility index (Phi) is 10.3. The van der Waals surface area contributed by atoms with Gasteiger partial charge in [-0.2, -0.15) is 0 Å². The SMILES string of the molecule is CCc1ccc2c(OCC(CC)OC(=O)c3ccc4ccccc4c3)c3ccccc3c(OCC(CC)OC(=O)c3ccc4ccccc4c3)c2c1. The molecule has 52 heavy (non-hydrogen) atoms. The van der Waals surface area contributed by atoms with Crippen LogP contribution in [0.2, 0.25) is 0 Å². The molecule has 0 spiro atoms. The Morgan fingerprint density at radius 1 is 0.481 bits per heavy atom. The van der Waals surface area contributed by atoms with Crippen molar-refractivity contribution in [2.24, 2.45) is 0 Å². The maximum Gasteiger partial charge on any atom is 0.338 e. The number of hydrogen-bond acceptors (Lipinski definition) is 6. The summed E-state index contributed by atoms with van der Waals surface area (Å²) >= 11 is 0. The van der Waals surface area contributed by atoms with Crippen LogP contribution < -0.4 is 9.47 Å². The predicted octanol–water partition coefficient (Wildman–Crippen LogP) is 10.9. The van der Waals surface area contributed by atoms with E-state index in [1.165, 1.54) is 0 Å². The zero-order chi connectivity index (χ0) is 36.0. The molecule has 0 radical (unpaired) electrons. The lowest BCUT2D eigenvalue weighted by Crippen LogP contribution is -2.25. The lowest BCUT2D eigenvalue weighted by Gasteiger charge is -2.22. The van der Waals surface area contributed by atoms with Gasteiger partial charge in [-0.1, -0.05) is 118 Å². The number of carbonyl (C=O) groups excluding carboxylic acids is 2. The number of ether oxygens (including phenoxy) is 4. The number of benzene rings is 7. The van der Waals surface area contributed by atoms with E-state index >= 15 is 0 Å². The summed E-state index contributed by atoms with van der Waals surface area (Å²) in [5.41, 5.74) is 2.18. The average molecular weight is 691 g/mol. The van der Waals surface area contributed by atoms with E-state index in [9.17, 15) is 9.59 Å². The van der Waals surface area contributed by atoms with Crippen molar-refractivity contribution < 1.29 is 28.5 Å². The molecule has 0 amide bonds. The standard InChI is InChI=1S/C46H42O6/c1-4-30-19-24-41-42(25-30)44(50-29-38(6-3)52-46(48)36-23-21-32-14-8-10-16-34(32)27-36)40-18-12-11-17-39(40)43(41)49-28-37(5-2)51-45(47)35-22-20-31-13-7-9-15-33(31)26-35/h7-27,37-38H,4-6,28-29H2,1-3H3. The average Bonchev–Trinajstić information content (AvgIpc) is 3.20. The van der Waals surface area contributed by atoms with E-state index in [0.29, 0.717) is 35.5 Å². The summed E-state index contributed by atoms with van der Waals surface area (Å²) in [6.45, 7) is 6.47. The molecule has 0 aromatic heterocycles. The van der Waals surface area contributed by atoms with Gasteiger partial charge >= 0.3 is 11.9 Å². The lowest BCUT2D eigenvalue weighted by atomic mass is 9.98. The molecular weight excluding hydrogens is 648 g/mol. The van der Waals surface area contributed by atoms with Crippen molar-refractivity contribution in [1.82, 2.24) is 0 Å². The zero-order valence-corrected chi connectivity index (χ0v) is 29.8. The normalized spacial score (nSPS) is 12.5. The largest absolute Gasteiger partial charge is 0.488 e. The van der Waals surface area contributed by atoms with E-state index in [1.54, 1.807) is 12.1 Å². The Labute approximate surface area is 303 Å². The second kappa shape index (κ2) is 15.6. The molecule has 0 saturated carbocycles. The Hall–Kier alpha value is -5.88. The molecule has 7 aromatic carbocycles. The van der Waals surface area contributed by atoms with Crippen LogP contribution in [0.5, 0.6) is 11.5 Å². The van der Waals surface area contributed by atoms with E-state index in [4.69, 9.17) is 18.9 Å². The highest BCUT2D eigenvalue weighted by atomic mass is 16.6. The Bertz CT molecular complexity index is 2400. The van der Waals surface area contributed by atoms with E-state index in [2.05, 4.69) is 25.1 Å². The third kappa shape index (κ3) is 7.28. The molecule has 262 valence electrons. The van der Waals surface area contributed by atoms with E-state index < -0.39 is 12.2 Å². The van der Waals surface area contributed by atoms with Crippen LogP contribution in [0.15, 0.2) is 127 Å². The molecule has 6 heteroatoms. The monoisotopic (exact) mass is 690 g/mol. The summed E-state index contributed by atoms with van der Waals surface area (Å²) in [6, 6.07) is 41.4. The minimum Gasteiger partial charge on any atom is -0.488 e.